The molecule has 1 atom stereocenters. The number of nitrogens with zero attached hydrogens (tertiary/aromatic N) is 2. The average Bonchev–Trinajstić information content (AvgIpc) is 3.10. The van der Waals surface area contributed by atoms with Gasteiger partial charge in [0.05, 0.1) is 31.9 Å². The monoisotopic (exact) mass is 420 g/mol. The topological polar surface area (TPSA) is 71.2 Å². The van der Waals surface area contributed by atoms with Crippen LogP contribution in [0.25, 0.3) is 10.2 Å². The number of halogens is 2. The molecular formula is C19H18Cl2N4OS. The van der Waals surface area contributed by atoms with Crippen LogP contribution in [0.5, 0.6) is 0 Å². The molecule has 1 aromatic heterocycles. The van der Waals surface area contributed by atoms with Crippen LogP contribution in [-0.4, -0.2) is 24.0 Å². The Morgan fingerprint density at radius 1 is 1.26 bits per heavy atom. The number of fused-ring (bicyclic) bond motifs is 1. The van der Waals surface area contributed by atoms with Crippen LogP contribution >= 0.6 is 34.5 Å². The molecule has 2 heterocycles. The van der Waals surface area contributed by atoms with Crippen molar-refractivity contribution >= 4 is 67.2 Å². The van der Waals surface area contributed by atoms with E-state index in [1.54, 1.807) is 23.5 Å². The van der Waals surface area contributed by atoms with Gasteiger partial charge in [-0.25, -0.2) is 4.98 Å². The van der Waals surface area contributed by atoms with Crippen LogP contribution in [0, 0.1) is 5.92 Å². The lowest BCUT2D eigenvalue weighted by Crippen LogP contribution is -2.40. The lowest BCUT2D eigenvalue weighted by molar-refractivity contribution is -0.120. The summed E-state index contributed by atoms with van der Waals surface area (Å²) in [4.78, 5) is 19.7. The van der Waals surface area contributed by atoms with Gasteiger partial charge in [-0.15, -0.1) is 0 Å². The molecule has 4 rings (SSSR count). The van der Waals surface area contributed by atoms with Gasteiger partial charge in [-0.1, -0.05) is 46.7 Å². The van der Waals surface area contributed by atoms with Crippen molar-refractivity contribution in [1.82, 2.24) is 4.98 Å². The number of rotatable bonds is 3. The molecule has 1 saturated heterocycles. The van der Waals surface area contributed by atoms with Gasteiger partial charge in [0.15, 0.2) is 5.13 Å². The fourth-order valence-corrected chi connectivity index (χ4v) is 4.75. The first-order valence-corrected chi connectivity index (χ1v) is 10.2. The van der Waals surface area contributed by atoms with Crippen molar-refractivity contribution in [3.8, 4) is 0 Å². The van der Waals surface area contributed by atoms with E-state index in [-0.39, 0.29) is 11.8 Å². The summed E-state index contributed by atoms with van der Waals surface area (Å²) >= 11 is 13.8. The van der Waals surface area contributed by atoms with Gasteiger partial charge < -0.3 is 16.0 Å². The number of piperidine rings is 1. The molecule has 1 aliphatic heterocycles. The highest BCUT2D eigenvalue weighted by Crippen LogP contribution is 2.33. The SMILES string of the molecule is Nc1c(Cl)cc(NC(=O)[C@H]2CCCN(c3nc4ccccc4s3)C2)cc1Cl. The van der Waals surface area contributed by atoms with Crippen LogP contribution in [0.1, 0.15) is 12.8 Å². The van der Waals surface area contributed by atoms with Crippen LogP contribution in [0.3, 0.4) is 0 Å². The first-order chi connectivity index (χ1) is 13.0. The Labute approximate surface area is 171 Å². The largest absolute Gasteiger partial charge is 0.396 e. The molecule has 0 spiro atoms. The van der Waals surface area contributed by atoms with Gasteiger partial charge in [0, 0.05) is 18.8 Å². The Bertz CT molecular complexity index is 950. The number of thiazole rings is 1. The summed E-state index contributed by atoms with van der Waals surface area (Å²) in [5.74, 6) is -0.168. The van der Waals surface area contributed by atoms with Crippen LogP contribution < -0.4 is 16.0 Å². The van der Waals surface area contributed by atoms with Gasteiger partial charge >= 0.3 is 0 Å². The van der Waals surface area contributed by atoms with E-state index in [9.17, 15) is 4.79 Å². The zero-order chi connectivity index (χ0) is 19.0. The first kappa shape index (κ1) is 18.3. The molecule has 1 amide bonds. The Kier molecular flexibility index (Phi) is 5.12. The summed E-state index contributed by atoms with van der Waals surface area (Å²) in [5, 5.41) is 4.54. The summed E-state index contributed by atoms with van der Waals surface area (Å²) in [7, 11) is 0. The minimum atomic E-state index is -0.124. The Hall–Kier alpha value is -2.02. The third-order valence-electron chi connectivity index (χ3n) is 4.69. The number of carbonyl (C=O) groups is 1. The second kappa shape index (κ2) is 7.54. The predicted octanol–water partition coefficient (Wildman–Crippen LogP) is 5.04. The molecule has 8 heteroatoms. The van der Waals surface area contributed by atoms with Gasteiger partial charge in [-0.2, -0.15) is 0 Å². The number of nitrogens with one attached hydrogen (secondary N) is 1. The second-order valence-corrected chi connectivity index (χ2v) is 8.42. The van der Waals surface area contributed by atoms with Crippen molar-refractivity contribution in [2.45, 2.75) is 12.8 Å². The minimum absolute atomic E-state index is 0.0438. The number of aromatic nitrogens is 1. The van der Waals surface area contributed by atoms with E-state index in [0.717, 1.165) is 34.7 Å². The van der Waals surface area contributed by atoms with Crippen molar-refractivity contribution in [1.29, 1.82) is 0 Å². The van der Waals surface area contributed by atoms with Crippen LogP contribution in [0.2, 0.25) is 10.0 Å². The molecule has 5 nitrogen and oxygen atoms in total. The average molecular weight is 421 g/mol. The molecule has 140 valence electrons. The Morgan fingerprint density at radius 3 is 2.74 bits per heavy atom. The second-order valence-electron chi connectivity index (χ2n) is 6.59. The predicted molar refractivity (Wildman–Crippen MR) is 114 cm³/mol. The van der Waals surface area contributed by atoms with Crippen LogP contribution in [-0.2, 0) is 4.79 Å². The lowest BCUT2D eigenvalue weighted by atomic mass is 9.97. The highest BCUT2D eigenvalue weighted by molar-refractivity contribution is 7.22. The molecule has 0 unspecified atom stereocenters. The number of hydrogen-bond acceptors (Lipinski definition) is 5. The highest BCUT2D eigenvalue weighted by Gasteiger charge is 2.27. The van der Waals surface area contributed by atoms with E-state index in [1.165, 1.54) is 0 Å². The van der Waals surface area contributed by atoms with E-state index in [0.29, 0.717) is 28.0 Å². The maximum Gasteiger partial charge on any atom is 0.229 e. The van der Waals surface area contributed by atoms with Crippen molar-refractivity contribution in [2.24, 2.45) is 5.92 Å². The maximum absolute atomic E-state index is 12.8. The molecule has 1 fully saturated rings. The molecule has 0 aliphatic carbocycles. The number of benzene rings is 2. The molecule has 0 bridgehead atoms. The summed E-state index contributed by atoms with van der Waals surface area (Å²) in [6.45, 7) is 1.55. The number of amides is 1. The van der Waals surface area contributed by atoms with Gasteiger partial charge in [0.1, 0.15) is 0 Å². The first-order valence-electron chi connectivity index (χ1n) is 8.67. The zero-order valence-corrected chi connectivity index (χ0v) is 16.7. The van der Waals surface area contributed by atoms with Crippen molar-refractivity contribution in [2.75, 3.05) is 29.0 Å². The number of carbonyl (C=O) groups excluding carboxylic acids is 1. The third-order valence-corrected chi connectivity index (χ3v) is 6.41. The molecule has 27 heavy (non-hydrogen) atoms. The molecule has 0 saturated carbocycles. The van der Waals surface area contributed by atoms with Crippen LogP contribution in [0.15, 0.2) is 36.4 Å². The number of nitrogens with two attached hydrogens (primary N) is 1. The summed E-state index contributed by atoms with van der Waals surface area (Å²) in [6, 6.07) is 11.3. The quantitative estimate of drug-likeness (QED) is 0.582. The summed E-state index contributed by atoms with van der Waals surface area (Å²) in [5.41, 5.74) is 7.62. The van der Waals surface area contributed by atoms with Crippen LogP contribution in [0.4, 0.5) is 16.5 Å². The number of para-hydroxylation sites is 1. The molecule has 2 aromatic carbocycles. The summed E-state index contributed by atoms with van der Waals surface area (Å²) < 4.78 is 1.16. The number of nitrogen functional groups attached to an aromatic ring is 1. The highest BCUT2D eigenvalue weighted by atomic mass is 35.5. The summed E-state index contributed by atoms with van der Waals surface area (Å²) in [6.07, 6.45) is 1.78. The van der Waals surface area contributed by atoms with E-state index in [2.05, 4.69) is 16.3 Å². The molecule has 0 radical (unpaired) electrons. The third kappa shape index (κ3) is 3.83. The van der Waals surface area contributed by atoms with E-state index >= 15 is 0 Å². The molecule has 3 N–H and O–H groups in total. The van der Waals surface area contributed by atoms with Crippen molar-refractivity contribution in [3.63, 3.8) is 0 Å². The zero-order valence-electron chi connectivity index (χ0n) is 14.4. The van der Waals surface area contributed by atoms with E-state index in [4.69, 9.17) is 33.9 Å². The molecule has 1 aliphatic rings. The Balaban J connectivity index is 1.48. The van der Waals surface area contributed by atoms with Gasteiger partial charge in [-0.05, 0) is 37.1 Å². The lowest BCUT2D eigenvalue weighted by Gasteiger charge is -2.31. The fraction of sp³-hybridized carbons (Fsp3) is 0.263. The van der Waals surface area contributed by atoms with Gasteiger partial charge in [0.25, 0.3) is 0 Å². The normalized spacial score (nSPS) is 17.3. The number of anilines is 3. The molecular weight excluding hydrogens is 403 g/mol. The standard InChI is InChI=1S/C19H18Cl2N4OS/c20-13-8-12(9-14(21)17(13)22)23-18(26)11-4-3-7-25(10-11)19-24-15-5-1-2-6-16(15)27-19/h1-2,5-6,8-9,11H,3-4,7,10,22H2,(H,23,26)/t11-/m0/s1. The van der Waals surface area contributed by atoms with Gasteiger partial charge in [-0.3, -0.25) is 4.79 Å². The Morgan fingerprint density at radius 2 is 2.00 bits per heavy atom. The van der Waals surface area contributed by atoms with Crippen molar-refractivity contribution in [3.05, 3.63) is 46.4 Å². The van der Waals surface area contributed by atoms with Gasteiger partial charge in [0.2, 0.25) is 5.91 Å². The fourth-order valence-electron chi connectivity index (χ4n) is 3.26. The smallest absolute Gasteiger partial charge is 0.229 e. The van der Waals surface area contributed by atoms with E-state index < -0.39 is 0 Å². The number of hydrogen-bond donors (Lipinski definition) is 2. The maximum atomic E-state index is 12.8. The van der Waals surface area contributed by atoms with E-state index in [1.807, 2.05) is 18.2 Å². The molecule has 3 aromatic rings. The van der Waals surface area contributed by atoms with Crippen molar-refractivity contribution < 1.29 is 4.79 Å². The minimum Gasteiger partial charge on any atom is -0.396 e.